The summed E-state index contributed by atoms with van der Waals surface area (Å²) in [5, 5.41) is 0. The summed E-state index contributed by atoms with van der Waals surface area (Å²) in [6, 6.07) is 0. The van der Waals surface area contributed by atoms with Crippen molar-refractivity contribution in [2.45, 2.75) is 34.3 Å². The second-order valence-electron chi connectivity index (χ2n) is 4.70. The Kier molecular flexibility index (Phi) is 3.15. The molecule has 0 aliphatic heterocycles. The molecular weight excluding hydrogens is 266 g/mol. The summed E-state index contributed by atoms with van der Waals surface area (Å²) in [5.41, 5.74) is 15.3. The normalized spacial score (nSPS) is 18.1. The number of hydrogen-bond donors (Lipinski definition) is 0. The van der Waals surface area contributed by atoms with Crippen LogP contribution >= 0.6 is 10.0 Å². The molecule has 0 amide bonds. The zero-order chi connectivity index (χ0) is 8.65. The van der Waals surface area contributed by atoms with Gasteiger partial charge in [0, 0.05) is 0 Å². The zero-order valence-corrected chi connectivity index (χ0v) is 12.9. The standard InChI is InChI=1S/C7H21As2S/c1-8(2,3)9(4,5,6)10-7/h1-7H3. The van der Waals surface area contributed by atoms with Crippen LogP contribution in [0.4, 0.5) is 0 Å². The van der Waals surface area contributed by atoms with Gasteiger partial charge < -0.3 is 0 Å². The van der Waals surface area contributed by atoms with Crippen molar-refractivity contribution in [3.63, 3.8) is 0 Å². The SMILES string of the molecule is CS[As](C)(C)(C)[As](C)(C)C. The van der Waals surface area contributed by atoms with Crippen LogP contribution in [0.15, 0.2) is 0 Å². The van der Waals surface area contributed by atoms with Gasteiger partial charge in [0.15, 0.2) is 0 Å². The quantitative estimate of drug-likeness (QED) is 0.700. The van der Waals surface area contributed by atoms with Gasteiger partial charge in [0.25, 0.3) is 0 Å². The van der Waals surface area contributed by atoms with Gasteiger partial charge in [-0.25, -0.2) is 0 Å². The molecule has 0 saturated heterocycles. The van der Waals surface area contributed by atoms with Gasteiger partial charge in [-0.05, 0) is 0 Å². The first-order chi connectivity index (χ1) is 4.09. The van der Waals surface area contributed by atoms with E-state index in [1.54, 1.807) is 0 Å². The van der Waals surface area contributed by atoms with E-state index in [1.165, 1.54) is 0 Å². The Morgan fingerprint density at radius 2 is 1.30 bits per heavy atom. The molecule has 0 bridgehead atoms. The summed E-state index contributed by atoms with van der Waals surface area (Å²) >= 11 is -1.20. The molecule has 0 aromatic carbocycles. The maximum absolute atomic E-state index is 2.57. The summed E-state index contributed by atoms with van der Waals surface area (Å²) in [6.45, 7) is 0. The molecule has 0 atom stereocenters. The van der Waals surface area contributed by atoms with E-state index in [2.05, 4.69) is 50.5 Å². The molecule has 1 radical (unpaired) electrons. The third-order valence-electron chi connectivity index (χ3n) is 2.67. The summed E-state index contributed by atoms with van der Waals surface area (Å²) in [6.07, 6.45) is 2.30. The van der Waals surface area contributed by atoms with Crippen LogP contribution in [0.1, 0.15) is 0 Å². The molecule has 65 valence electrons. The average molecular weight is 287 g/mol. The van der Waals surface area contributed by atoms with E-state index in [-0.39, 0.29) is 0 Å². The van der Waals surface area contributed by atoms with Crippen molar-refractivity contribution in [3.8, 4) is 0 Å². The maximum atomic E-state index is 2.57. The van der Waals surface area contributed by atoms with Crippen LogP contribution in [0.5, 0.6) is 0 Å². The van der Waals surface area contributed by atoms with Crippen LogP contribution in [0, 0.1) is 0 Å². The first kappa shape index (κ1) is 11.5. The third-order valence-corrected chi connectivity index (χ3v) is 83.6. The Morgan fingerprint density at radius 3 is 1.30 bits per heavy atom. The molecule has 0 fully saturated rings. The minimum absolute atomic E-state index is 1.20. The van der Waals surface area contributed by atoms with Gasteiger partial charge in [-0.2, -0.15) is 0 Å². The minimum atomic E-state index is -1.78. The molecule has 3 heteroatoms. The number of hydrogen-bond acceptors (Lipinski definition) is 1. The van der Waals surface area contributed by atoms with E-state index < -0.39 is 20.7 Å². The fourth-order valence-corrected chi connectivity index (χ4v) is 19.8. The molecule has 0 N–H and O–H groups in total. The molecule has 0 aromatic rings. The fourth-order valence-electron chi connectivity index (χ4n) is 0.245. The van der Waals surface area contributed by atoms with E-state index in [9.17, 15) is 0 Å². The van der Waals surface area contributed by atoms with Crippen LogP contribution in [0.25, 0.3) is 0 Å². The summed E-state index contributed by atoms with van der Waals surface area (Å²) in [4.78, 5) is 0. The summed E-state index contributed by atoms with van der Waals surface area (Å²) < 4.78 is 0. The third kappa shape index (κ3) is 2.22. The van der Waals surface area contributed by atoms with Gasteiger partial charge >= 0.3 is 71.3 Å². The summed E-state index contributed by atoms with van der Waals surface area (Å²) in [5.74, 6) is 0. The van der Waals surface area contributed by atoms with E-state index in [1.807, 2.05) is 0 Å². The van der Waals surface area contributed by atoms with Gasteiger partial charge in [0.05, 0.1) is 0 Å². The van der Waals surface area contributed by atoms with E-state index in [0.717, 1.165) is 0 Å². The monoisotopic (exact) mass is 287 g/mol. The fraction of sp³-hybridized carbons (Fsp3) is 1.00. The first-order valence-electron chi connectivity index (χ1n) is 3.47. The van der Waals surface area contributed by atoms with Crippen LogP contribution < -0.4 is 0 Å². The van der Waals surface area contributed by atoms with Crippen LogP contribution in [0.3, 0.4) is 0 Å². The molecule has 0 saturated carbocycles. The Balaban J connectivity index is 4.70. The Morgan fingerprint density at radius 1 is 1.00 bits per heavy atom. The number of rotatable bonds is 2. The van der Waals surface area contributed by atoms with Crippen LogP contribution in [-0.4, -0.2) is 27.0 Å². The van der Waals surface area contributed by atoms with Crippen LogP contribution in [0.2, 0.25) is 34.3 Å². The molecule has 0 spiro atoms. The Labute approximate surface area is 70.9 Å². The molecule has 0 heterocycles. The van der Waals surface area contributed by atoms with Crippen molar-refractivity contribution < 1.29 is 0 Å². The molecular formula is C7H21As2S. The van der Waals surface area contributed by atoms with Crippen molar-refractivity contribution in [1.82, 2.24) is 0 Å². The topological polar surface area (TPSA) is 0 Å². The van der Waals surface area contributed by atoms with Gasteiger partial charge in [-0.15, -0.1) is 0 Å². The van der Waals surface area contributed by atoms with E-state index >= 15 is 0 Å². The van der Waals surface area contributed by atoms with Gasteiger partial charge in [0.2, 0.25) is 0 Å². The zero-order valence-electron chi connectivity index (χ0n) is 8.30. The van der Waals surface area contributed by atoms with Crippen molar-refractivity contribution >= 4 is 30.7 Å². The molecule has 0 rings (SSSR count). The molecule has 0 aliphatic rings. The predicted octanol–water partition coefficient (Wildman–Crippen LogP) is 3.55. The predicted molar refractivity (Wildman–Crippen MR) is 60.2 cm³/mol. The van der Waals surface area contributed by atoms with Crippen molar-refractivity contribution in [2.24, 2.45) is 0 Å². The molecule has 0 aromatic heterocycles. The van der Waals surface area contributed by atoms with Crippen molar-refractivity contribution in [1.29, 1.82) is 0 Å². The van der Waals surface area contributed by atoms with Crippen molar-refractivity contribution in [3.05, 3.63) is 0 Å². The van der Waals surface area contributed by atoms with Gasteiger partial charge in [-0.3, -0.25) is 0 Å². The molecule has 0 nitrogen and oxygen atoms in total. The Hall–Kier alpha value is 1.47. The van der Waals surface area contributed by atoms with Crippen LogP contribution in [-0.2, 0) is 0 Å². The van der Waals surface area contributed by atoms with E-state index in [0.29, 0.717) is 0 Å². The first-order valence-corrected chi connectivity index (χ1v) is 23.4. The Bertz CT molecular complexity index is 127. The summed E-state index contributed by atoms with van der Waals surface area (Å²) in [7, 11) is 0.417. The molecule has 0 aliphatic carbocycles. The average Bonchev–Trinajstić information content (AvgIpc) is 1.62. The second-order valence-corrected chi connectivity index (χ2v) is 64.3. The van der Waals surface area contributed by atoms with Gasteiger partial charge in [0.1, 0.15) is 0 Å². The van der Waals surface area contributed by atoms with Gasteiger partial charge in [-0.1, -0.05) is 0 Å². The molecule has 10 heavy (non-hydrogen) atoms. The molecule has 0 unspecified atom stereocenters. The second kappa shape index (κ2) is 2.75. The van der Waals surface area contributed by atoms with Crippen molar-refractivity contribution in [2.75, 3.05) is 6.26 Å². The van der Waals surface area contributed by atoms with E-state index in [4.69, 9.17) is 0 Å².